The first kappa shape index (κ1) is 15.5. The molecule has 0 aromatic carbocycles. The molecule has 1 aliphatic heterocycles. The normalized spacial score (nSPS) is 24.3. The van der Waals surface area contributed by atoms with E-state index in [0.29, 0.717) is 18.4 Å². The van der Waals surface area contributed by atoms with E-state index in [0.717, 1.165) is 31.8 Å². The van der Waals surface area contributed by atoms with Crippen molar-refractivity contribution in [3.63, 3.8) is 0 Å². The van der Waals surface area contributed by atoms with E-state index in [4.69, 9.17) is 0 Å². The lowest BCUT2D eigenvalue weighted by atomic mass is 9.90. The number of aryl methyl sites for hydroxylation is 1. The summed E-state index contributed by atoms with van der Waals surface area (Å²) in [6, 6.07) is 0.708. The molecule has 2 fully saturated rings. The van der Waals surface area contributed by atoms with Crippen molar-refractivity contribution in [3.8, 4) is 0 Å². The van der Waals surface area contributed by atoms with Gasteiger partial charge in [0.25, 0.3) is 0 Å². The van der Waals surface area contributed by atoms with Gasteiger partial charge in [0.05, 0.1) is 12.5 Å². The molecule has 2 heterocycles. The number of carbonyl (C=O) groups excluding carboxylic acids is 1. The van der Waals surface area contributed by atoms with Crippen molar-refractivity contribution < 1.29 is 4.79 Å². The number of nitrogens with zero attached hydrogens (tertiary/aromatic N) is 3. The SMILES string of the molecule is Cc1nc(CNC(=O)[C@@H]2CCCN(C3CCCCC3)C2)n[nH]1. The van der Waals surface area contributed by atoms with Gasteiger partial charge in [-0.2, -0.15) is 5.10 Å². The van der Waals surface area contributed by atoms with Gasteiger partial charge in [-0.15, -0.1) is 0 Å². The van der Waals surface area contributed by atoms with Crippen molar-refractivity contribution >= 4 is 5.91 Å². The Labute approximate surface area is 132 Å². The number of hydrogen-bond donors (Lipinski definition) is 2. The average Bonchev–Trinajstić information content (AvgIpc) is 2.99. The highest BCUT2D eigenvalue weighted by atomic mass is 16.1. The third-order valence-electron chi connectivity index (χ3n) is 4.98. The Bertz CT molecular complexity index is 494. The maximum Gasteiger partial charge on any atom is 0.224 e. The van der Waals surface area contributed by atoms with Crippen LogP contribution < -0.4 is 5.32 Å². The Kier molecular flexibility index (Phi) is 5.08. The fraction of sp³-hybridized carbons (Fsp3) is 0.812. The second-order valence-corrected chi connectivity index (χ2v) is 6.68. The largest absolute Gasteiger partial charge is 0.348 e. The molecule has 1 saturated heterocycles. The lowest BCUT2D eigenvalue weighted by Crippen LogP contribution is -2.47. The molecule has 1 aromatic rings. The minimum atomic E-state index is 0.121. The van der Waals surface area contributed by atoms with Crippen LogP contribution in [0.5, 0.6) is 0 Å². The molecule has 6 heteroatoms. The smallest absolute Gasteiger partial charge is 0.224 e. The van der Waals surface area contributed by atoms with Gasteiger partial charge in [0.1, 0.15) is 5.82 Å². The van der Waals surface area contributed by atoms with Crippen LogP contribution in [0.15, 0.2) is 0 Å². The van der Waals surface area contributed by atoms with Gasteiger partial charge < -0.3 is 5.32 Å². The molecule has 122 valence electrons. The summed E-state index contributed by atoms with van der Waals surface area (Å²) in [7, 11) is 0. The summed E-state index contributed by atoms with van der Waals surface area (Å²) >= 11 is 0. The minimum absolute atomic E-state index is 0.121. The van der Waals surface area contributed by atoms with Gasteiger partial charge in [0.15, 0.2) is 5.82 Å². The van der Waals surface area contributed by atoms with Gasteiger partial charge in [-0.3, -0.25) is 14.8 Å². The van der Waals surface area contributed by atoms with Crippen LogP contribution >= 0.6 is 0 Å². The molecule has 1 aliphatic carbocycles. The molecule has 1 amide bonds. The van der Waals surface area contributed by atoms with Crippen molar-refractivity contribution in [2.75, 3.05) is 13.1 Å². The summed E-state index contributed by atoms with van der Waals surface area (Å²) in [6.07, 6.45) is 8.83. The number of piperidine rings is 1. The number of rotatable bonds is 4. The van der Waals surface area contributed by atoms with E-state index in [1.807, 2.05) is 6.92 Å². The van der Waals surface area contributed by atoms with Gasteiger partial charge >= 0.3 is 0 Å². The standard InChI is InChI=1S/C16H27N5O/c1-12-18-15(20-19-12)10-17-16(22)13-6-5-9-21(11-13)14-7-3-2-4-8-14/h13-14H,2-11H2,1H3,(H,17,22)(H,18,19,20)/t13-/m1/s1. The predicted octanol–water partition coefficient (Wildman–Crippen LogP) is 1.77. The van der Waals surface area contributed by atoms with E-state index in [1.165, 1.54) is 32.1 Å². The molecule has 0 radical (unpaired) electrons. The highest BCUT2D eigenvalue weighted by molar-refractivity contribution is 5.78. The number of nitrogens with one attached hydrogen (secondary N) is 2. The molecule has 3 rings (SSSR count). The number of H-pyrrole nitrogens is 1. The molecule has 6 nitrogen and oxygen atoms in total. The molecule has 0 spiro atoms. The Hall–Kier alpha value is -1.43. The Morgan fingerprint density at radius 2 is 2.09 bits per heavy atom. The minimum Gasteiger partial charge on any atom is -0.348 e. The second-order valence-electron chi connectivity index (χ2n) is 6.68. The molecule has 1 saturated carbocycles. The summed E-state index contributed by atoms with van der Waals surface area (Å²) in [5, 5.41) is 9.86. The Morgan fingerprint density at radius 3 is 2.82 bits per heavy atom. The number of aromatic amines is 1. The van der Waals surface area contributed by atoms with Crippen molar-refractivity contribution in [3.05, 3.63) is 11.6 Å². The van der Waals surface area contributed by atoms with Crippen LogP contribution in [-0.2, 0) is 11.3 Å². The summed E-state index contributed by atoms with van der Waals surface area (Å²) in [4.78, 5) is 19.2. The van der Waals surface area contributed by atoms with Gasteiger partial charge in [-0.1, -0.05) is 19.3 Å². The quantitative estimate of drug-likeness (QED) is 0.889. The molecule has 2 aliphatic rings. The summed E-state index contributed by atoms with van der Waals surface area (Å²) < 4.78 is 0. The van der Waals surface area contributed by atoms with E-state index in [-0.39, 0.29) is 11.8 Å². The summed E-state index contributed by atoms with van der Waals surface area (Å²) in [6.45, 7) is 4.36. The highest BCUT2D eigenvalue weighted by Crippen LogP contribution is 2.27. The van der Waals surface area contributed by atoms with Gasteiger partial charge in [-0.05, 0) is 39.2 Å². The van der Waals surface area contributed by atoms with E-state index in [2.05, 4.69) is 25.4 Å². The first-order chi connectivity index (χ1) is 10.7. The van der Waals surface area contributed by atoms with Crippen LogP contribution in [0.25, 0.3) is 0 Å². The third-order valence-corrected chi connectivity index (χ3v) is 4.98. The Morgan fingerprint density at radius 1 is 1.27 bits per heavy atom. The van der Waals surface area contributed by atoms with Gasteiger partial charge in [0, 0.05) is 12.6 Å². The average molecular weight is 305 g/mol. The zero-order chi connectivity index (χ0) is 15.4. The summed E-state index contributed by atoms with van der Waals surface area (Å²) in [5.41, 5.74) is 0. The van der Waals surface area contributed by atoms with Crippen molar-refractivity contribution in [2.24, 2.45) is 5.92 Å². The fourth-order valence-electron chi connectivity index (χ4n) is 3.78. The first-order valence-electron chi connectivity index (χ1n) is 8.62. The Balaban J connectivity index is 1.49. The zero-order valence-corrected chi connectivity index (χ0v) is 13.5. The molecular formula is C16H27N5O. The number of hydrogen-bond acceptors (Lipinski definition) is 4. The molecule has 0 unspecified atom stereocenters. The lowest BCUT2D eigenvalue weighted by molar-refractivity contribution is -0.127. The van der Waals surface area contributed by atoms with E-state index in [1.54, 1.807) is 0 Å². The number of aromatic nitrogens is 3. The second kappa shape index (κ2) is 7.22. The van der Waals surface area contributed by atoms with E-state index in [9.17, 15) is 4.79 Å². The van der Waals surface area contributed by atoms with Gasteiger partial charge in [-0.25, -0.2) is 4.98 Å². The molecular weight excluding hydrogens is 278 g/mol. The first-order valence-corrected chi connectivity index (χ1v) is 8.62. The maximum absolute atomic E-state index is 12.4. The van der Waals surface area contributed by atoms with Crippen LogP contribution in [0.2, 0.25) is 0 Å². The number of carbonyl (C=O) groups is 1. The fourth-order valence-corrected chi connectivity index (χ4v) is 3.78. The highest BCUT2D eigenvalue weighted by Gasteiger charge is 2.30. The maximum atomic E-state index is 12.4. The predicted molar refractivity (Wildman–Crippen MR) is 84.1 cm³/mol. The van der Waals surface area contributed by atoms with Crippen molar-refractivity contribution in [1.29, 1.82) is 0 Å². The molecule has 2 N–H and O–H groups in total. The van der Waals surface area contributed by atoms with Crippen molar-refractivity contribution in [2.45, 2.75) is 64.5 Å². The number of amides is 1. The van der Waals surface area contributed by atoms with Crippen LogP contribution in [0, 0.1) is 12.8 Å². The molecule has 0 bridgehead atoms. The molecule has 1 atom stereocenters. The lowest BCUT2D eigenvalue weighted by Gasteiger charge is -2.39. The molecule has 1 aromatic heterocycles. The van der Waals surface area contributed by atoms with Crippen molar-refractivity contribution in [1.82, 2.24) is 25.4 Å². The third kappa shape index (κ3) is 3.85. The summed E-state index contributed by atoms with van der Waals surface area (Å²) in [5.74, 6) is 1.72. The van der Waals surface area contributed by atoms with Crippen LogP contribution in [0.1, 0.15) is 56.6 Å². The monoisotopic (exact) mass is 305 g/mol. The van der Waals surface area contributed by atoms with E-state index < -0.39 is 0 Å². The van der Waals surface area contributed by atoms with Gasteiger partial charge in [0.2, 0.25) is 5.91 Å². The van der Waals surface area contributed by atoms with E-state index >= 15 is 0 Å². The molecule has 22 heavy (non-hydrogen) atoms. The topological polar surface area (TPSA) is 73.9 Å². The van der Waals surface area contributed by atoms with Crippen LogP contribution in [-0.4, -0.2) is 45.1 Å². The number of likely N-dealkylation sites (tertiary alicyclic amines) is 1. The van der Waals surface area contributed by atoms with Crippen LogP contribution in [0.4, 0.5) is 0 Å². The van der Waals surface area contributed by atoms with Crippen LogP contribution in [0.3, 0.4) is 0 Å². The zero-order valence-electron chi connectivity index (χ0n) is 13.5.